The number of carbonyl (C=O) groups excluding carboxylic acids is 1. The van der Waals surface area contributed by atoms with Crippen molar-refractivity contribution in [3.63, 3.8) is 0 Å². The summed E-state index contributed by atoms with van der Waals surface area (Å²) in [5, 5.41) is 0. The largest absolute Gasteiger partial charge is 0.340 e. The minimum Gasteiger partial charge on any atom is -0.340 e. The van der Waals surface area contributed by atoms with Gasteiger partial charge in [0.15, 0.2) is 0 Å². The highest BCUT2D eigenvalue weighted by Gasteiger charge is 2.32. The van der Waals surface area contributed by atoms with Crippen molar-refractivity contribution < 1.29 is 13.2 Å². The van der Waals surface area contributed by atoms with Crippen LogP contribution in [0.5, 0.6) is 0 Å². The second-order valence-electron chi connectivity index (χ2n) is 5.52. The SMILES string of the molecule is CCCS(=O)(=O)N1CCN(C(=O)C2CCCC2)CC1. The molecule has 110 valence electrons. The first-order valence-electron chi connectivity index (χ1n) is 7.31. The number of rotatable bonds is 4. The first kappa shape index (κ1) is 14.8. The van der Waals surface area contributed by atoms with Gasteiger partial charge in [-0.15, -0.1) is 0 Å². The Morgan fingerprint density at radius 3 is 2.21 bits per heavy atom. The molecule has 1 amide bonds. The first-order valence-corrected chi connectivity index (χ1v) is 8.92. The average molecular weight is 288 g/mol. The molecule has 1 aliphatic carbocycles. The van der Waals surface area contributed by atoms with Crippen LogP contribution in [0.1, 0.15) is 39.0 Å². The zero-order valence-corrected chi connectivity index (χ0v) is 12.5. The molecule has 0 aromatic heterocycles. The maximum absolute atomic E-state index is 12.2. The van der Waals surface area contributed by atoms with E-state index in [-0.39, 0.29) is 17.6 Å². The maximum atomic E-state index is 12.2. The second kappa shape index (κ2) is 6.22. The predicted molar refractivity (Wildman–Crippen MR) is 74.2 cm³/mol. The topological polar surface area (TPSA) is 57.7 Å². The lowest BCUT2D eigenvalue weighted by Gasteiger charge is -2.35. The van der Waals surface area contributed by atoms with Crippen molar-refractivity contribution in [1.29, 1.82) is 0 Å². The summed E-state index contributed by atoms with van der Waals surface area (Å²) >= 11 is 0. The summed E-state index contributed by atoms with van der Waals surface area (Å²) in [6, 6.07) is 0. The Bertz CT molecular complexity index is 408. The van der Waals surface area contributed by atoms with E-state index in [9.17, 15) is 13.2 Å². The van der Waals surface area contributed by atoms with Crippen LogP contribution in [0, 0.1) is 5.92 Å². The van der Waals surface area contributed by atoms with Gasteiger partial charge in [-0.05, 0) is 19.3 Å². The van der Waals surface area contributed by atoms with Crippen LogP contribution in [-0.4, -0.2) is 55.5 Å². The highest BCUT2D eigenvalue weighted by molar-refractivity contribution is 7.89. The second-order valence-corrected chi connectivity index (χ2v) is 7.61. The molecule has 0 atom stereocenters. The van der Waals surface area contributed by atoms with Crippen LogP contribution in [0.2, 0.25) is 0 Å². The van der Waals surface area contributed by atoms with Crippen molar-refractivity contribution in [2.24, 2.45) is 5.92 Å². The zero-order chi connectivity index (χ0) is 13.9. The van der Waals surface area contributed by atoms with E-state index in [1.807, 2.05) is 11.8 Å². The summed E-state index contributed by atoms with van der Waals surface area (Å²) in [7, 11) is -3.11. The lowest BCUT2D eigenvalue weighted by Crippen LogP contribution is -2.52. The fourth-order valence-electron chi connectivity index (χ4n) is 3.00. The number of piperazine rings is 1. The highest BCUT2D eigenvalue weighted by atomic mass is 32.2. The summed E-state index contributed by atoms with van der Waals surface area (Å²) in [5.74, 6) is 0.646. The summed E-state index contributed by atoms with van der Waals surface area (Å²) in [5.41, 5.74) is 0. The molecule has 0 unspecified atom stereocenters. The number of hydrogen-bond acceptors (Lipinski definition) is 3. The standard InChI is InChI=1S/C13H24N2O3S/c1-2-11-19(17,18)15-9-7-14(8-10-15)13(16)12-5-3-4-6-12/h12H,2-11H2,1H3. The van der Waals surface area contributed by atoms with E-state index in [0.717, 1.165) is 25.7 Å². The van der Waals surface area contributed by atoms with E-state index >= 15 is 0 Å². The quantitative estimate of drug-likeness (QED) is 0.777. The van der Waals surface area contributed by atoms with Gasteiger partial charge in [-0.25, -0.2) is 8.42 Å². The van der Waals surface area contributed by atoms with Crippen LogP contribution in [0.4, 0.5) is 0 Å². The minimum absolute atomic E-state index is 0.193. The molecule has 2 aliphatic rings. The summed E-state index contributed by atoms with van der Waals surface area (Å²) in [6.07, 6.45) is 4.96. The van der Waals surface area contributed by atoms with Gasteiger partial charge in [-0.1, -0.05) is 19.8 Å². The molecule has 0 aromatic rings. The van der Waals surface area contributed by atoms with Gasteiger partial charge in [-0.2, -0.15) is 4.31 Å². The van der Waals surface area contributed by atoms with Crippen molar-refractivity contribution in [3.8, 4) is 0 Å². The predicted octanol–water partition coefficient (Wildman–Crippen LogP) is 1.06. The number of nitrogens with zero attached hydrogens (tertiary/aromatic N) is 2. The highest BCUT2D eigenvalue weighted by Crippen LogP contribution is 2.27. The van der Waals surface area contributed by atoms with E-state index in [4.69, 9.17) is 0 Å². The van der Waals surface area contributed by atoms with Crippen molar-refractivity contribution in [2.45, 2.75) is 39.0 Å². The average Bonchev–Trinajstić information content (AvgIpc) is 2.92. The third kappa shape index (κ3) is 3.48. The number of hydrogen-bond donors (Lipinski definition) is 0. The molecule has 0 bridgehead atoms. The van der Waals surface area contributed by atoms with Crippen LogP contribution >= 0.6 is 0 Å². The van der Waals surface area contributed by atoms with Crippen molar-refractivity contribution >= 4 is 15.9 Å². The zero-order valence-electron chi connectivity index (χ0n) is 11.7. The Kier molecular flexibility index (Phi) is 4.84. The fraction of sp³-hybridized carbons (Fsp3) is 0.923. The smallest absolute Gasteiger partial charge is 0.225 e. The number of amides is 1. The van der Waals surface area contributed by atoms with E-state index in [1.165, 1.54) is 4.31 Å². The van der Waals surface area contributed by atoms with Gasteiger partial charge in [0.05, 0.1) is 5.75 Å². The normalized spacial score (nSPS) is 22.9. The van der Waals surface area contributed by atoms with Gasteiger partial charge in [0, 0.05) is 32.1 Å². The lowest BCUT2D eigenvalue weighted by molar-refractivity contribution is -0.136. The van der Waals surface area contributed by atoms with Gasteiger partial charge >= 0.3 is 0 Å². The summed E-state index contributed by atoms with van der Waals surface area (Å²) in [6.45, 7) is 3.90. The van der Waals surface area contributed by atoms with Gasteiger partial charge in [0.25, 0.3) is 0 Å². The van der Waals surface area contributed by atoms with E-state index in [0.29, 0.717) is 32.6 Å². The van der Waals surface area contributed by atoms with Crippen molar-refractivity contribution in [1.82, 2.24) is 9.21 Å². The third-order valence-corrected chi connectivity index (χ3v) is 6.19. The van der Waals surface area contributed by atoms with Crippen LogP contribution < -0.4 is 0 Å². The first-order chi connectivity index (χ1) is 9.04. The summed E-state index contributed by atoms with van der Waals surface area (Å²) < 4.78 is 25.4. The van der Waals surface area contributed by atoms with Crippen LogP contribution in [0.15, 0.2) is 0 Å². The third-order valence-electron chi connectivity index (χ3n) is 4.11. The molecule has 19 heavy (non-hydrogen) atoms. The van der Waals surface area contributed by atoms with Gasteiger partial charge < -0.3 is 4.90 Å². The molecule has 1 saturated heterocycles. The molecule has 5 nitrogen and oxygen atoms in total. The Balaban J connectivity index is 1.87. The lowest BCUT2D eigenvalue weighted by atomic mass is 10.1. The molecule has 1 saturated carbocycles. The van der Waals surface area contributed by atoms with E-state index in [1.54, 1.807) is 0 Å². The Morgan fingerprint density at radius 1 is 1.11 bits per heavy atom. The molecule has 0 N–H and O–H groups in total. The molecule has 2 rings (SSSR count). The molecular weight excluding hydrogens is 264 g/mol. The molecule has 6 heteroatoms. The molecule has 0 aromatic carbocycles. The van der Waals surface area contributed by atoms with Crippen LogP contribution in [0.3, 0.4) is 0 Å². The van der Waals surface area contributed by atoms with Gasteiger partial charge in [-0.3, -0.25) is 4.79 Å². The molecule has 0 spiro atoms. The monoisotopic (exact) mass is 288 g/mol. The Labute approximate surface area is 116 Å². The van der Waals surface area contributed by atoms with E-state index in [2.05, 4.69) is 0 Å². The van der Waals surface area contributed by atoms with Gasteiger partial charge in [0.1, 0.15) is 0 Å². The molecule has 1 aliphatic heterocycles. The molecular formula is C13H24N2O3S. The minimum atomic E-state index is -3.11. The van der Waals surface area contributed by atoms with Crippen molar-refractivity contribution in [2.75, 3.05) is 31.9 Å². The molecule has 1 heterocycles. The Morgan fingerprint density at radius 2 is 1.68 bits per heavy atom. The van der Waals surface area contributed by atoms with E-state index < -0.39 is 10.0 Å². The number of sulfonamides is 1. The van der Waals surface area contributed by atoms with Crippen LogP contribution in [-0.2, 0) is 14.8 Å². The fourth-order valence-corrected chi connectivity index (χ4v) is 4.50. The van der Waals surface area contributed by atoms with Crippen LogP contribution in [0.25, 0.3) is 0 Å². The maximum Gasteiger partial charge on any atom is 0.225 e. The van der Waals surface area contributed by atoms with Gasteiger partial charge in [0.2, 0.25) is 15.9 Å². The number of carbonyl (C=O) groups is 1. The summed E-state index contributed by atoms with van der Waals surface area (Å²) in [4.78, 5) is 14.1. The molecule has 0 radical (unpaired) electrons. The molecule has 2 fully saturated rings. The van der Waals surface area contributed by atoms with Crippen molar-refractivity contribution in [3.05, 3.63) is 0 Å². The Hall–Kier alpha value is -0.620.